The van der Waals surface area contributed by atoms with Gasteiger partial charge in [-0.25, -0.2) is 4.79 Å². The summed E-state index contributed by atoms with van der Waals surface area (Å²) in [4.78, 5) is 71.2. The van der Waals surface area contributed by atoms with E-state index in [2.05, 4.69) is 0 Å². The van der Waals surface area contributed by atoms with Crippen molar-refractivity contribution in [2.24, 2.45) is 35.5 Å². The van der Waals surface area contributed by atoms with E-state index in [0.717, 1.165) is 16.9 Å². The second kappa shape index (κ2) is 24.4. The monoisotopic (exact) mass is 900 g/mol. The van der Waals surface area contributed by atoms with Gasteiger partial charge in [-0.15, -0.1) is 0 Å². The summed E-state index contributed by atoms with van der Waals surface area (Å²) < 4.78 is 29.2. The van der Waals surface area contributed by atoms with Gasteiger partial charge in [0, 0.05) is 58.5 Å². The van der Waals surface area contributed by atoms with Crippen LogP contribution in [0.15, 0.2) is 47.6 Å². The number of hydrogen-bond donors (Lipinski definition) is 3. The van der Waals surface area contributed by atoms with Crippen molar-refractivity contribution in [2.75, 3.05) is 27.9 Å². The molecule has 0 radical (unpaired) electrons. The lowest BCUT2D eigenvalue weighted by molar-refractivity contribution is -0.265. The molecule has 3 N–H and O–H groups in total. The van der Waals surface area contributed by atoms with Crippen LogP contribution < -0.4 is 0 Å². The molecule has 1 aliphatic carbocycles. The molecule has 1 unspecified atom stereocenters. The molecule has 15 atom stereocenters. The molecule has 1 amide bonds. The molecule has 0 aromatic carbocycles. The summed E-state index contributed by atoms with van der Waals surface area (Å²) >= 11 is 0. The summed E-state index contributed by atoms with van der Waals surface area (Å²) in [5.74, 6) is -7.97. The van der Waals surface area contributed by atoms with Gasteiger partial charge in [0.05, 0.1) is 24.4 Å². The van der Waals surface area contributed by atoms with E-state index >= 15 is 0 Å². The highest BCUT2D eigenvalue weighted by Crippen LogP contribution is 2.38. The molecule has 4 aliphatic rings. The largest absolute Gasteiger partial charge is 0.460 e. The van der Waals surface area contributed by atoms with Crippen LogP contribution in [-0.2, 0) is 47.7 Å². The number of methoxy groups -OCH3 is 3. The number of allylic oxidation sites excluding steroid dienone is 6. The van der Waals surface area contributed by atoms with Crippen molar-refractivity contribution in [1.29, 1.82) is 0 Å². The molecule has 360 valence electrons. The van der Waals surface area contributed by atoms with E-state index in [1.54, 1.807) is 41.1 Å². The fraction of sp³-hybridized carbons (Fsp3) is 0.740. The summed E-state index contributed by atoms with van der Waals surface area (Å²) in [6.07, 6.45) is 10.5. The summed E-state index contributed by atoms with van der Waals surface area (Å²) in [6, 6.07) is -1.13. The number of rotatable bonds is 6. The van der Waals surface area contributed by atoms with Gasteiger partial charge in [-0.1, -0.05) is 71.1 Å². The van der Waals surface area contributed by atoms with Gasteiger partial charge in [-0.2, -0.15) is 0 Å². The minimum absolute atomic E-state index is 0.0199. The maximum absolute atomic E-state index is 14.2. The molecule has 1 saturated carbocycles. The second-order valence-electron chi connectivity index (χ2n) is 19.2. The summed E-state index contributed by atoms with van der Waals surface area (Å²) in [7, 11) is 4.51. The molecule has 2 bridgehead atoms. The number of esters is 1. The van der Waals surface area contributed by atoms with Crippen LogP contribution in [0.3, 0.4) is 0 Å². The number of cyclic esters (lactones) is 1. The van der Waals surface area contributed by atoms with Crippen LogP contribution in [0, 0.1) is 35.5 Å². The van der Waals surface area contributed by atoms with Crippen LogP contribution in [0.5, 0.6) is 0 Å². The Morgan fingerprint density at radius 3 is 2.25 bits per heavy atom. The van der Waals surface area contributed by atoms with Crippen LogP contribution in [0.1, 0.15) is 119 Å². The fourth-order valence-corrected chi connectivity index (χ4v) is 9.95. The molecular weight excluding hydrogens is 823 g/mol. The first-order valence-corrected chi connectivity index (χ1v) is 23.4. The van der Waals surface area contributed by atoms with E-state index in [-0.39, 0.29) is 54.8 Å². The van der Waals surface area contributed by atoms with Gasteiger partial charge in [-0.05, 0) is 101 Å². The van der Waals surface area contributed by atoms with Gasteiger partial charge < -0.3 is 43.9 Å². The van der Waals surface area contributed by atoms with Gasteiger partial charge in [0.1, 0.15) is 30.1 Å². The first-order chi connectivity index (χ1) is 30.2. The van der Waals surface area contributed by atoms with E-state index in [9.17, 15) is 39.3 Å². The van der Waals surface area contributed by atoms with E-state index < -0.39 is 83.9 Å². The lowest BCUT2D eigenvalue weighted by Gasteiger charge is -2.41. The zero-order valence-corrected chi connectivity index (χ0v) is 39.9. The lowest BCUT2D eigenvalue weighted by Crippen LogP contribution is -2.59. The third kappa shape index (κ3) is 13.6. The second-order valence-corrected chi connectivity index (χ2v) is 19.2. The summed E-state index contributed by atoms with van der Waals surface area (Å²) in [6.45, 7) is 12.7. The average molecular weight is 900 g/mol. The van der Waals surface area contributed by atoms with Gasteiger partial charge in [0.2, 0.25) is 5.79 Å². The van der Waals surface area contributed by atoms with Crippen LogP contribution >= 0.6 is 0 Å². The molecule has 3 heterocycles. The molecular formula is C50H77NO13. The Morgan fingerprint density at radius 1 is 0.859 bits per heavy atom. The minimum atomic E-state index is -2.42. The van der Waals surface area contributed by atoms with E-state index in [1.807, 2.05) is 58.1 Å². The van der Waals surface area contributed by atoms with E-state index in [1.165, 1.54) is 7.11 Å². The fourth-order valence-electron chi connectivity index (χ4n) is 9.95. The number of hydrogen-bond acceptors (Lipinski definition) is 13. The lowest BCUT2D eigenvalue weighted by atomic mass is 9.78. The topological polar surface area (TPSA) is 195 Å². The molecule has 3 fully saturated rings. The van der Waals surface area contributed by atoms with Gasteiger partial charge in [0.25, 0.3) is 11.7 Å². The van der Waals surface area contributed by atoms with E-state index in [0.29, 0.717) is 56.9 Å². The smallest absolute Gasteiger partial charge is 0.329 e. The highest BCUT2D eigenvalue weighted by atomic mass is 16.6. The third-order valence-electron chi connectivity index (χ3n) is 14.2. The first-order valence-electron chi connectivity index (χ1n) is 23.4. The van der Waals surface area contributed by atoms with Crippen molar-refractivity contribution >= 4 is 29.2 Å². The maximum atomic E-state index is 14.2. The van der Waals surface area contributed by atoms with Crippen molar-refractivity contribution in [3.05, 3.63) is 47.6 Å². The number of amides is 1. The summed E-state index contributed by atoms with van der Waals surface area (Å²) in [5, 5.41) is 33.7. The number of ether oxygens (including phenoxy) is 5. The minimum Gasteiger partial charge on any atom is -0.460 e. The van der Waals surface area contributed by atoms with Crippen LogP contribution in [-0.4, -0.2) is 132 Å². The quantitative estimate of drug-likeness (QED) is 0.165. The van der Waals surface area contributed by atoms with Gasteiger partial charge in [0.15, 0.2) is 5.78 Å². The molecule has 3 aliphatic heterocycles. The van der Waals surface area contributed by atoms with Crippen LogP contribution in [0.4, 0.5) is 0 Å². The predicted octanol–water partition coefficient (Wildman–Crippen LogP) is 5.79. The molecule has 0 spiro atoms. The number of ketones is 3. The Kier molecular flexibility index (Phi) is 20.3. The molecule has 14 nitrogen and oxygen atoms in total. The van der Waals surface area contributed by atoms with Gasteiger partial charge in [-0.3, -0.25) is 19.2 Å². The first kappa shape index (κ1) is 53.2. The van der Waals surface area contributed by atoms with Crippen molar-refractivity contribution in [3.63, 3.8) is 0 Å². The maximum Gasteiger partial charge on any atom is 0.329 e. The predicted molar refractivity (Wildman–Crippen MR) is 241 cm³/mol. The Balaban J connectivity index is 1.68. The zero-order chi connectivity index (χ0) is 47.5. The molecule has 2 saturated heterocycles. The van der Waals surface area contributed by atoms with Crippen LogP contribution in [0.2, 0.25) is 0 Å². The number of nitrogens with zero attached hydrogens (tertiary/aromatic N) is 1. The van der Waals surface area contributed by atoms with Crippen molar-refractivity contribution < 1.29 is 63.0 Å². The highest BCUT2D eigenvalue weighted by molar-refractivity contribution is 6.39. The van der Waals surface area contributed by atoms with Crippen molar-refractivity contribution in [3.8, 4) is 0 Å². The molecule has 4 rings (SSSR count). The summed E-state index contributed by atoms with van der Waals surface area (Å²) in [5.41, 5.74) is 1.26. The van der Waals surface area contributed by atoms with Gasteiger partial charge >= 0.3 is 5.97 Å². The third-order valence-corrected chi connectivity index (χ3v) is 14.2. The van der Waals surface area contributed by atoms with E-state index in [4.69, 9.17) is 23.7 Å². The number of fused-ring (bicyclic) bond motifs is 3. The standard InChI is InChI=1S/C50H77NO13/c1-29-15-12-11-13-16-30(2)41(60-8)27-37-20-18-35(7)50(59,64-37)47(56)48(57)51-22-14-17-38(51)49(58)63-42(32(4)25-36-19-21-39(52)43(26-36)61-9)28-40(53)31(3)24-34(6)45(55)46(62-10)44(54)33(5)23-29/h11-13,15-16,24,29,31-33,35-39,41-43,45-46,52,55,59H,14,17-23,25-28H2,1-10H3/b13-11+,15-12+,30-16?,34-24+/t29-,31-,32?,33-,35-,36+,37+,38+,39-,41+,42+,43-,45-,46+,50-/m1/s1. The van der Waals surface area contributed by atoms with Crippen molar-refractivity contribution in [1.82, 2.24) is 4.90 Å². The highest BCUT2D eigenvalue weighted by Gasteiger charge is 2.53. The van der Waals surface area contributed by atoms with Crippen molar-refractivity contribution in [2.45, 2.75) is 174 Å². The normalized spacial score (nSPS) is 39.9. The Morgan fingerprint density at radius 2 is 1.58 bits per heavy atom. The number of carbonyl (C=O) groups excluding carboxylic acids is 5. The number of carbonyl (C=O) groups is 5. The average Bonchev–Trinajstić information content (AvgIpc) is 3.76. The molecule has 14 heteroatoms. The Labute approximate surface area is 380 Å². The number of aliphatic hydroxyl groups excluding tert-OH is 2. The molecule has 0 aromatic heterocycles. The Hall–Kier alpha value is -3.37. The Bertz CT molecular complexity index is 1740. The number of Topliss-reactive ketones (excluding diaryl/α,β-unsaturated/α-hetero) is 3. The number of aliphatic hydroxyl groups is 3. The zero-order valence-electron chi connectivity index (χ0n) is 39.9. The molecule has 0 aromatic rings. The van der Waals surface area contributed by atoms with Crippen LogP contribution in [0.25, 0.3) is 0 Å². The molecule has 64 heavy (non-hydrogen) atoms. The SMILES string of the molecule is CO[C@H]1C[C@@H]2CC[C@@H](C)[C@@](O)(O2)C(=O)C(=O)N2CCC[C@H]2C(=O)O[C@H](C(C)C[C@@H]2CC[C@@H](O)[C@H](OC)C2)CC(=O)[C@H](C)/C=C(\C)[C@@H](O)[C@@H](OC)C(=O)[C@H](C)C[C@H](C)/C=C/C=C/C=C1C.